The molecule has 0 saturated carbocycles. The molecule has 5 amide bonds. The number of aromatic nitrogens is 1. The summed E-state index contributed by atoms with van der Waals surface area (Å²) in [6.07, 6.45) is 3.89. The molecule has 0 bridgehead atoms. The summed E-state index contributed by atoms with van der Waals surface area (Å²) in [4.78, 5) is 56.5. The maximum absolute atomic E-state index is 13.1. The minimum absolute atomic E-state index is 0.0364. The highest BCUT2D eigenvalue weighted by atomic mass is 32.2. The first kappa shape index (κ1) is 22.8. The van der Waals surface area contributed by atoms with Crippen molar-refractivity contribution in [2.75, 3.05) is 18.8 Å². The number of carbonyl (C=O) groups is 4. The molecule has 0 aliphatic carbocycles. The van der Waals surface area contributed by atoms with Crippen molar-refractivity contribution >= 4 is 35.5 Å². The van der Waals surface area contributed by atoms with Crippen LogP contribution in [0.2, 0.25) is 0 Å². The SMILES string of the molecule is CCC1(c2ccccc2)NC(=O)N(NC(=O)CSc2ccc(C(=O)N3CCCC3)cn2)C1=O. The number of imide groups is 1. The number of likely N-dealkylation sites (tertiary alicyclic amines) is 1. The number of carbonyl (C=O) groups excluding carboxylic acids is 4. The lowest BCUT2D eigenvalue weighted by Gasteiger charge is -2.25. The van der Waals surface area contributed by atoms with Crippen molar-refractivity contribution < 1.29 is 19.2 Å². The molecule has 2 aromatic rings. The molecule has 33 heavy (non-hydrogen) atoms. The number of urea groups is 1. The van der Waals surface area contributed by atoms with Gasteiger partial charge in [0.1, 0.15) is 5.54 Å². The van der Waals surface area contributed by atoms with Gasteiger partial charge in [-0.05, 0) is 37.0 Å². The first-order valence-corrected chi connectivity index (χ1v) is 11.8. The molecule has 2 saturated heterocycles. The van der Waals surface area contributed by atoms with Gasteiger partial charge >= 0.3 is 6.03 Å². The molecule has 172 valence electrons. The monoisotopic (exact) mass is 467 g/mol. The Morgan fingerprint density at radius 3 is 2.48 bits per heavy atom. The topological polar surface area (TPSA) is 112 Å². The van der Waals surface area contributed by atoms with Crippen molar-refractivity contribution in [2.24, 2.45) is 0 Å². The van der Waals surface area contributed by atoms with Gasteiger partial charge in [0.25, 0.3) is 11.8 Å². The summed E-state index contributed by atoms with van der Waals surface area (Å²) in [6, 6.07) is 11.7. The fourth-order valence-electron chi connectivity index (χ4n) is 4.03. The van der Waals surface area contributed by atoms with Crippen molar-refractivity contribution in [3.8, 4) is 0 Å². The van der Waals surface area contributed by atoms with Gasteiger partial charge in [-0.2, -0.15) is 5.01 Å². The van der Waals surface area contributed by atoms with Gasteiger partial charge in [-0.15, -0.1) is 0 Å². The van der Waals surface area contributed by atoms with Crippen molar-refractivity contribution in [3.05, 3.63) is 59.8 Å². The van der Waals surface area contributed by atoms with Crippen LogP contribution in [-0.4, -0.2) is 57.5 Å². The van der Waals surface area contributed by atoms with E-state index in [9.17, 15) is 19.2 Å². The van der Waals surface area contributed by atoms with Crippen molar-refractivity contribution in [1.29, 1.82) is 0 Å². The first-order chi connectivity index (χ1) is 15.9. The molecule has 2 fully saturated rings. The summed E-state index contributed by atoms with van der Waals surface area (Å²) in [6.45, 7) is 3.33. The summed E-state index contributed by atoms with van der Waals surface area (Å²) in [5.74, 6) is -1.12. The summed E-state index contributed by atoms with van der Waals surface area (Å²) >= 11 is 1.15. The van der Waals surface area contributed by atoms with Gasteiger partial charge in [0.05, 0.1) is 16.3 Å². The lowest BCUT2D eigenvalue weighted by Crippen LogP contribution is -2.49. The summed E-state index contributed by atoms with van der Waals surface area (Å²) < 4.78 is 0. The number of nitrogens with zero attached hydrogens (tertiary/aromatic N) is 3. The van der Waals surface area contributed by atoms with E-state index in [0.717, 1.165) is 42.7 Å². The molecular formula is C23H25N5O4S. The van der Waals surface area contributed by atoms with E-state index < -0.39 is 23.4 Å². The molecule has 2 aliphatic rings. The van der Waals surface area contributed by atoms with Gasteiger partial charge in [-0.25, -0.2) is 9.78 Å². The van der Waals surface area contributed by atoms with Crippen LogP contribution in [0.1, 0.15) is 42.1 Å². The zero-order valence-corrected chi connectivity index (χ0v) is 19.1. The summed E-state index contributed by atoms with van der Waals surface area (Å²) in [5.41, 5.74) is 2.36. The van der Waals surface area contributed by atoms with E-state index in [2.05, 4.69) is 15.7 Å². The van der Waals surface area contributed by atoms with Crippen molar-refractivity contribution in [3.63, 3.8) is 0 Å². The Labute approximate surface area is 195 Å². The molecule has 3 heterocycles. The Balaban J connectivity index is 1.34. The third-order valence-electron chi connectivity index (χ3n) is 5.85. The lowest BCUT2D eigenvalue weighted by atomic mass is 9.87. The molecule has 0 spiro atoms. The maximum Gasteiger partial charge on any atom is 0.344 e. The Kier molecular flexibility index (Phi) is 6.64. The van der Waals surface area contributed by atoms with Gasteiger partial charge in [0.2, 0.25) is 5.91 Å². The van der Waals surface area contributed by atoms with E-state index in [1.165, 1.54) is 6.20 Å². The predicted molar refractivity (Wildman–Crippen MR) is 122 cm³/mol. The van der Waals surface area contributed by atoms with Gasteiger partial charge in [-0.3, -0.25) is 19.8 Å². The number of rotatable bonds is 7. The number of thioether (sulfide) groups is 1. The van der Waals surface area contributed by atoms with Crippen LogP contribution >= 0.6 is 11.8 Å². The standard InChI is InChI=1S/C23H25N5O4S/c1-2-23(17-8-4-3-5-9-17)21(31)28(22(32)25-23)26-18(29)15-33-19-11-10-16(14-24-19)20(30)27-12-6-7-13-27/h3-5,8-11,14H,2,6-7,12-13,15H2,1H3,(H,25,32)(H,26,29). The van der Waals surface area contributed by atoms with Gasteiger partial charge in [0.15, 0.2) is 0 Å². The van der Waals surface area contributed by atoms with E-state index in [1.807, 2.05) is 6.07 Å². The zero-order chi connectivity index (χ0) is 23.4. The highest BCUT2D eigenvalue weighted by Crippen LogP contribution is 2.31. The molecule has 1 atom stereocenters. The number of hydrazine groups is 1. The second-order valence-electron chi connectivity index (χ2n) is 7.90. The third-order valence-corrected chi connectivity index (χ3v) is 6.80. The minimum Gasteiger partial charge on any atom is -0.339 e. The van der Waals surface area contributed by atoms with Gasteiger partial charge < -0.3 is 10.2 Å². The van der Waals surface area contributed by atoms with Crippen LogP contribution in [0.4, 0.5) is 4.79 Å². The normalized spacial score (nSPS) is 20.2. The molecule has 2 N–H and O–H groups in total. The number of hydrogen-bond donors (Lipinski definition) is 2. The highest BCUT2D eigenvalue weighted by molar-refractivity contribution is 7.99. The Hall–Kier alpha value is -3.40. The number of amides is 5. The fourth-order valence-corrected chi connectivity index (χ4v) is 4.67. The smallest absolute Gasteiger partial charge is 0.339 e. The quantitative estimate of drug-likeness (QED) is 0.477. The van der Waals surface area contributed by atoms with E-state index in [-0.39, 0.29) is 11.7 Å². The van der Waals surface area contributed by atoms with Crippen LogP contribution in [0.15, 0.2) is 53.7 Å². The highest BCUT2D eigenvalue weighted by Gasteiger charge is 2.52. The van der Waals surface area contributed by atoms with Gasteiger partial charge in [-0.1, -0.05) is 49.0 Å². The molecule has 0 radical (unpaired) electrons. The van der Waals surface area contributed by atoms with Crippen LogP contribution in [0, 0.1) is 0 Å². The molecule has 1 aromatic heterocycles. The Bertz CT molecular complexity index is 1060. The van der Waals surface area contributed by atoms with E-state index >= 15 is 0 Å². The molecule has 10 heteroatoms. The average molecular weight is 468 g/mol. The number of nitrogens with one attached hydrogen (secondary N) is 2. The molecule has 4 rings (SSSR count). The third kappa shape index (κ3) is 4.56. The molecule has 1 unspecified atom stereocenters. The number of hydrogen-bond acceptors (Lipinski definition) is 6. The van der Waals surface area contributed by atoms with Crippen LogP contribution < -0.4 is 10.7 Å². The molecular weight excluding hydrogens is 442 g/mol. The van der Waals surface area contributed by atoms with Crippen molar-refractivity contribution in [1.82, 2.24) is 25.6 Å². The zero-order valence-electron chi connectivity index (χ0n) is 18.2. The average Bonchev–Trinajstić information content (AvgIpc) is 3.47. The van der Waals surface area contributed by atoms with E-state index in [1.54, 1.807) is 48.2 Å². The van der Waals surface area contributed by atoms with Crippen LogP contribution in [0.5, 0.6) is 0 Å². The Morgan fingerprint density at radius 2 is 1.85 bits per heavy atom. The predicted octanol–water partition coefficient (Wildman–Crippen LogP) is 2.30. The van der Waals surface area contributed by atoms with E-state index in [4.69, 9.17) is 0 Å². The summed E-state index contributed by atoms with van der Waals surface area (Å²) in [7, 11) is 0. The number of benzene rings is 1. The lowest BCUT2D eigenvalue weighted by molar-refractivity contribution is -0.138. The second kappa shape index (κ2) is 9.62. The first-order valence-electron chi connectivity index (χ1n) is 10.8. The Morgan fingerprint density at radius 1 is 1.12 bits per heavy atom. The fraction of sp³-hybridized carbons (Fsp3) is 0.348. The molecule has 9 nitrogen and oxygen atoms in total. The molecule has 2 aliphatic heterocycles. The van der Waals surface area contributed by atoms with E-state index in [0.29, 0.717) is 22.6 Å². The second-order valence-corrected chi connectivity index (χ2v) is 8.90. The largest absolute Gasteiger partial charge is 0.344 e. The van der Waals surface area contributed by atoms with Gasteiger partial charge in [0, 0.05) is 19.3 Å². The van der Waals surface area contributed by atoms with Crippen LogP contribution in [0.25, 0.3) is 0 Å². The molecule has 1 aromatic carbocycles. The van der Waals surface area contributed by atoms with Crippen LogP contribution in [0.3, 0.4) is 0 Å². The number of pyridine rings is 1. The minimum atomic E-state index is -1.21. The van der Waals surface area contributed by atoms with Crippen molar-refractivity contribution in [2.45, 2.75) is 36.8 Å². The summed E-state index contributed by atoms with van der Waals surface area (Å²) in [5, 5.41) is 4.02. The maximum atomic E-state index is 13.1. The van der Waals surface area contributed by atoms with Crippen LogP contribution in [-0.2, 0) is 15.1 Å².